The summed E-state index contributed by atoms with van der Waals surface area (Å²) in [6, 6.07) is 17.5. The molecule has 2 aromatic heterocycles. The van der Waals surface area contributed by atoms with Crippen LogP contribution in [0, 0.1) is 6.92 Å². The van der Waals surface area contributed by atoms with Crippen LogP contribution < -0.4 is 10.1 Å². The van der Waals surface area contributed by atoms with Gasteiger partial charge in [0.25, 0.3) is 6.47 Å². The van der Waals surface area contributed by atoms with Crippen molar-refractivity contribution in [1.82, 2.24) is 15.0 Å². The number of fused-ring (bicyclic) bond motifs is 1. The second-order valence-electron chi connectivity index (χ2n) is 6.50. The van der Waals surface area contributed by atoms with E-state index in [0.29, 0.717) is 11.8 Å². The number of amides is 1. The first kappa shape index (κ1) is 21.4. The topological polar surface area (TPSA) is 114 Å². The second-order valence-corrected chi connectivity index (χ2v) is 6.50. The normalized spacial score (nSPS) is 10.0. The number of pyridine rings is 1. The summed E-state index contributed by atoms with van der Waals surface area (Å²) in [5.41, 5.74) is 4.59. The fraction of sp³-hybridized carbons (Fsp3) is 0.0870. The van der Waals surface area contributed by atoms with Gasteiger partial charge in [0.15, 0.2) is 0 Å². The number of carboxylic acid groups (broad SMARTS) is 1. The van der Waals surface area contributed by atoms with Crippen molar-refractivity contribution in [2.24, 2.45) is 0 Å². The second kappa shape index (κ2) is 9.93. The Morgan fingerprint density at radius 3 is 2.39 bits per heavy atom. The van der Waals surface area contributed by atoms with Gasteiger partial charge in [-0.3, -0.25) is 9.59 Å². The molecule has 0 bridgehead atoms. The fourth-order valence-corrected chi connectivity index (χ4v) is 2.96. The van der Waals surface area contributed by atoms with Gasteiger partial charge in [-0.25, -0.2) is 15.0 Å². The van der Waals surface area contributed by atoms with Crippen LogP contribution in [-0.2, 0) is 9.59 Å². The summed E-state index contributed by atoms with van der Waals surface area (Å²) in [6.07, 6.45) is 3.27. The van der Waals surface area contributed by atoms with Crippen LogP contribution in [0.4, 0.5) is 5.69 Å². The molecule has 0 spiro atoms. The number of hydrogen-bond donors (Lipinski definition) is 2. The highest BCUT2D eigenvalue weighted by molar-refractivity contribution is 5.93. The van der Waals surface area contributed by atoms with Gasteiger partial charge in [0.2, 0.25) is 5.91 Å². The standard InChI is InChI=1S/C22H18N4O2.CH2O2/c1-14-12-21(26-20-9-6-17(13-19(14)20)25-15(2)27)16-4-7-18(8-5-16)28-22-23-10-3-11-24-22;2-1-3/h3-13H,1-2H3,(H,25,27);1H,(H,2,3). The van der Waals surface area contributed by atoms with Crippen LogP contribution in [0.2, 0.25) is 0 Å². The van der Waals surface area contributed by atoms with Crippen LogP contribution in [0.15, 0.2) is 67.0 Å². The summed E-state index contributed by atoms with van der Waals surface area (Å²) in [7, 11) is 0. The molecule has 156 valence electrons. The highest BCUT2D eigenvalue weighted by Gasteiger charge is 2.08. The molecule has 0 radical (unpaired) electrons. The maximum atomic E-state index is 11.3. The largest absolute Gasteiger partial charge is 0.483 e. The van der Waals surface area contributed by atoms with E-state index in [1.165, 1.54) is 6.92 Å². The lowest BCUT2D eigenvalue weighted by molar-refractivity contribution is -0.123. The minimum atomic E-state index is -0.250. The van der Waals surface area contributed by atoms with Gasteiger partial charge in [-0.1, -0.05) is 0 Å². The quantitative estimate of drug-likeness (QED) is 0.472. The number of carbonyl (C=O) groups excluding carboxylic acids is 1. The van der Waals surface area contributed by atoms with Crippen molar-refractivity contribution in [2.45, 2.75) is 13.8 Å². The molecule has 0 unspecified atom stereocenters. The van der Waals surface area contributed by atoms with E-state index < -0.39 is 0 Å². The highest BCUT2D eigenvalue weighted by Crippen LogP contribution is 2.28. The van der Waals surface area contributed by atoms with Crippen LogP contribution in [-0.4, -0.2) is 32.4 Å². The summed E-state index contributed by atoms with van der Waals surface area (Å²) in [4.78, 5) is 32.5. The first-order valence-electron chi connectivity index (χ1n) is 9.32. The molecule has 8 heteroatoms. The predicted octanol–water partition coefficient (Wildman–Crippen LogP) is 4.45. The zero-order valence-electron chi connectivity index (χ0n) is 16.9. The number of ether oxygens (including phenoxy) is 1. The lowest BCUT2D eigenvalue weighted by Gasteiger charge is -2.10. The van der Waals surface area contributed by atoms with Crippen molar-refractivity contribution in [1.29, 1.82) is 0 Å². The third-order valence-corrected chi connectivity index (χ3v) is 4.24. The molecule has 0 aliphatic heterocycles. The molecule has 1 amide bonds. The number of carbonyl (C=O) groups is 2. The van der Waals surface area contributed by atoms with Gasteiger partial charge in [-0.05, 0) is 67.1 Å². The summed E-state index contributed by atoms with van der Waals surface area (Å²) < 4.78 is 5.63. The maximum absolute atomic E-state index is 11.3. The molecular formula is C23H20N4O4. The van der Waals surface area contributed by atoms with E-state index >= 15 is 0 Å². The van der Waals surface area contributed by atoms with Crippen molar-refractivity contribution >= 4 is 29.0 Å². The summed E-state index contributed by atoms with van der Waals surface area (Å²) in [6.45, 7) is 3.28. The lowest BCUT2D eigenvalue weighted by Crippen LogP contribution is -2.05. The lowest BCUT2D eigenvalue weighted by atomic mass is 10.0. The minimum absolute atomic E-state index is 0.0928. The molecule has 0 aliphatic carbocycles. The average molecular weight is 416 g/mol. The predicted molar refractivity (Wildman–Crippen MR) is 117 cm³/mol. The summed E-state index contributed by atoms with van der Waals surface area (Å²) >= 11 is 0. The van der Waals surface area contributed by atoms with Crippen molar-refractivity contribution in [3.05, 3.63) is 72.6 Å². The highest BCUT2D eigenvalue weighted by atomic mass is 16.5. The number of rotatable bonds is 4. The molecule has 0 fully saturated rings. The molecule has 2 aromatic carbocycles. The van der Waals surface area contributed by atoms with Crippen LogP contribution in [0.25, 0.3) is 22.2 Å². The van der Waals surface area contributed by atoms with Crippen LogP contribution >= 0.6 is 0 Å². The zero-order chi connectivity index (χ0) is 22.2. The first-order valence-corrected chi connectivity index (χ1v) is 9.32. The monoisotopic (exact) mass is 416 g/mol. The average Bonchev–Trinajstić information content (AvgIpc) is 2.75. The third-order valence-electron chi connectivity index (χ3n) is 4.24. The van der Waals surface area contributed by atoms with Gasteiger partial charge in [-0.15, -0.1) is 0 Å². The molecule has 0 saturated carbocycles. The van der Waals surface area contributed by atoms with Crippen LogP contribution in [0.3, 0.4) is 0 Å². The Morgan fingerprint density at radius 2 is 1.74 bits per heavy atom. The number of anilines is 1. The van der Waals surface area contributed by atoms with Crippen molar-refractivity contribution in [3.8, 4) is 23.0 Å². The number of nitrogens with zero attached hydrogens (tertiary/aromatic N) is 3. The minimum Gasteiger partial charge on any atom is -0.483 e. The Kier molecular flexibility index (Phi) is 6.85. The number of hydrogen-bond acceptors (Lipinski definition) is 6. The van der Waals surface area contributed by atoms with Gasteiger partial charge >= 0.3 is 6.01 Å². The number of aryl methyl sites for hydroxylation is 1. The SMILES string of the molecule is CC(=O)Nc1ccc2nc(-c3ccc(Oc4ncccn4)cc3)cc(C)c2c1.O=CO. The molecule has 0 saturated heterocycles. The molecule has 31 heavy (non-hydrogen) atoms. The third kappa shape index (κ3) is 5.60. The van der Waals surface area contributed by atoms with Gasteiger partial charge in [0.05, 0.1) is 11.2 Å². The Hall–Kier alpha value is -4.33. The molecule has 2 N–H and O–H groups in total. The Labute approximate surface area is 178 Å². The van der Waals surface area contributed by atoms with Gasteiger partial charge in [0.1, 0.15) is 5.75 Å². The van der Waals surface area contributed by atoms with E-state index in [1.54, 1.807) is 18.5 Å². The van der Waals surface area contributed by atoms with E-state index in [0.717, 1.165) is 33.4 Å². The van der Waals surface area contributed by atoms with E-state index in [2.05, 4.69) is 15.3 Å². The molecule has 0 aliphatic rings. The molecule has 8 nitrogen and oxygen atoms in total. The Morgan fingerprint density at radius 1 is 1.06 bits per heavy atom. The van der Waals surface area contributed by atoms with Crippen molar-refractivity contribution < 1.29 is 19.4 Å². The van der Waals surface area contributed by atoms with Crippen LogP contribution in [0.1, 0.15) is 12.5 Å². The summed E-state index contributed by atoms with van der Waals surface area (Å²) in [5.74, 6) is 0.567. The smallest absolute Gasteiger partial charge is 0.321 e. The Bertz CT molecular complexity index is 1200. The van der Waals surface area contributed by atoms with E-state index in [4.69, 9.17) is 19.6 Å². The number of aromatic nitrogens is 3. The van der Waals surface area contributed by atoms with Gasteiger partial charge < -0.3 is 15.2 Å². The van der Waals surface area contributed by atoms with Gasteiger partial charge in [0, 0.05) is 36.0 Å². The van der Waals surface area contributed by atoms with E-state index in [1.807, 2.05) is 55.5 Å². The first-order chi connectivity index (χ1) is 15.0. The Balaban J connectivity index is 0.000000858. The van der Waals surface area contributed by atoms with Crippen LogP contribution in [0.5, 0.6) is 11.8 Å². The molecule has 4 rings (SSSR count). The number of benzene rings is 2. The molecule has 0 atom stereocenters. The fourth-order valence-electron chi connectivity index (χ4n) is 2.96. The summed E-state index contributed by atoms with van der Waals surface area (Å²) in [5, 5.41) is 10.7. The van der Waals surface area contributed by atoms with Crippen molar-refractivity contribution in [3.63, 3.8) is 0 Å². The molecule has 2 heterocycles. The molecular weight excluding hydrogens is 396 g/mol. The zero-order valence-corrected chi connectivity index (χ0v) is 16.9. The van der Waals surface area contributed by atoms with E-state index in [9.17, 15) is 4.79 Å². The van der Waals surface area contributed by atoms with Gasteiger partial charge in [-0.2, -0.15) is 0 Å². The number of nitrogens with one attached hydrogen (secondary N) is 1. The maximum Gasteiger partial charge on any atom is 0.321 e. The molecule has 4 aromatic rings. The van der Waals surface area contributed by atoms with Crippen molar-refractivity contribution in [2.75, 3.05) is 5.32 Å². The van der Waals surface area contributed by atoms with E-state index in [-0.39, 0.29) is 12.4 Å².